The van der Waals surface area contributed by atoms with Crippen molar-refractivity contribution in [1.29, 1.82) is 0 Å². The molecule has 14 heavy (non-hydrogen) atoms. The van der Waals surface area contributed by atoms with Crippen molar-refractivity contribution < 1.29 is 0 Å². The molecule has 72 valence electrons. The van der Waals surface area contributed by atoms with Crippen molar-refractivity contribution in [2.75, 3.05) is 0 Å². The molecule has 0 fully saturated rings. The molecule has 1 atom stereocenters. The van der Waals surface area contributed by atoms with Gasteiger partial charge in [0.15, 0.2) is 0 Å². The number of nitrogens with two attached hydrogens (primary N) is 1. The number of hydrogen-bond donors (Lipinski definition) is 1. The second-order valence-electron chi connectivity index (χ2n) is 3.10. The van der Waals surface area contributed by atoms with Crippen molar-refractivity contribution in [2.45, 2.75) is 6.04 Å². The maximum absolute atomic E-state index is 6.00. The molecule has 2 aromatic rings. The Balaban J connectivity index is 2.29. The van der Waals surface area contributed by atoms with Gasteiger partial charge in [-0.25, -0.2) is 9.97 Å². The smallest absolute Gasteiger partial charge is 0.115 e. The normalized spacial score (nSPS) is 12.7. The summed E-state index contributed by atoms with van der Waals surface area (Å²) in [6.07, 6.45) is 8.55. The average Bonchev–Trinajstić information content (AvgIpc) is 2.65. The van der Waals surface area contributed by atoms with Gasteiger partial charge in [-0.1, -0.05) is 0 Å². The van der Waals surface area contributed by atoms with Crippen LogP contribution in [0.1, 0.15) is 17.2 Å². The van der Waals surface area contributed by atoms with E-state index in [1.807, 2.05) is 13.2 Å². The molecule has 0 aromatic carbocycles. The first kappa shape index (κ1) is 8.83. The van der Waals surface area contributed by atoms with Crippen LogP contribution >= 0.6 is 0 Å². The highest BCUT2D eigenvalue weighted by molar-refractivity contribution is 5.23. The minimum atomic E-state index is -0.204. The molecular weight excluding hydrogens is 178 g/mol. The number of hydrogen-bond acceptors (Lipinski definition) is 4. The largest absolute Gasteiger partial charge is 0.320 e. The molecule has 0 aliphatic heterocycles. The van der Waals surface area contributed by atoms with Crippen LogP contribution in [0.3, 0.4) is 0 Å². The van der Waals surface area contributed by atoms with Gasteiger partial charge in [0.25, 0.3) is 0 Å². The summed E-state index contributed by atoms with van der Waals surface area (Å²) >= 11 is 0. The Morgan fingerprint density at radius 1 is 1.21 bits per heavy atom. The van der Waals surface area contributed by atoms with Crippen LogP contribution in [0.2, 0.25) is 0 Å². The van der Waals surface area contributed by atoms with Gasteiger partial charge in [-0.2, -0.15) is 5.10 Å². The maximum atomic E-state index is 6.00. The minimum absolute atomic E-state index is 0.204. The molecule has 2 N–H and O–H groups in total. The molecule has 0 bridgehead atoms. The first-order valence-corrected chi connectivity index (χ1v) is 4.26. The zero-order valence-corrected chi connectivity index (χ0v) is 7.83. The third-order valence-corrected chi connectivity index (χ3v) is 2.02. The van der Waals surface area contributed by atoms with Crippen LogP contribution in [0.25, 0.3) is 0 Å². The van der Waals surface area contributed by atoms with Gasteiger partial charge in [-0.15, -0.1) is 0 Å². The molecule has 5 nitrogen and oxygen atoms in total. The summed E-state index contributed by atoms with van der Waals surface area (Å²) in [6.45, 7) is 0. The van der Waals surface area contributed by atoms with Crippen molar-refractivity contribution >= 4 is 0 Å². The fourth-order valence-corrected chi connectivity index (χ4v) is 1.26. The van der Waals surface area contributed by atoms with Gasteiger partial charge in [0, 0.05) is 36.8 Å². The highest BCUT2D eigenvalue weighted by atomic mass is 15.2. The average molecular weight is 189 g/mol. The molecule has 5 heteroatoms. The lowest BCUT2D eigenvalue weighted by Crippen LogP contribution is -2.11. The van der Waals surface area contributed by atoms with Crippen molar-refractivity contribution in [3.63, 3.8) is 0 Å². The minimum Gasteiger partial charge on any atom is -0.320 e. The van der Waals surface area contributed by atoms with E-state index in [2.05, 4.69) is 15.1 Å². The van der Waals surface area contributed by atoms with Gasteiger partial charge in [-0.3, -0.25) is 4.68 Å². The molecule has 2 aromatic heterocycles. The third kappa shape index (κ3) is 1.62. The number of aromatic nitrogens is 4. The maximum Gasteiger partial charge on any atom is 0.115 e. The highest BCUT2D eigenvalue weighted by Crippen LogP contribution is 2.16. The molecule has 0 radical (unpaired) electrons. The molecule has 0 saturated carbocycles. The fraction of sp³-hybridized carbons (Fsp3) is 0.222. The van der Waals surface area contributed by atoms with Crippen LogP contribution in [0.15, 0.2) is 31.1 Å². The number of rotatable bonds is 2. The van der Waals surface area contributed by atoms with Crippen LogP contribution in [0.5, 0.6) is 0 Å². The summed E-state index contributed by atoms with van der Waals surface area (Å²) in [5.41, 5.74) is 7.85. The zero-order chi connectivity index (χ0) is 9.97. The Hall–Kier alpha value is -1.75. The molecule has 0 aliphatic carbocycles. The van der Waals surface area contributed by atoms with E-state index in [1.165, 1.54) is 6.33 Å². The molecule has 0 saturated heterocycles. The zero-order valence-electron chi connectivity index (χ0n) is 7.83. The van der Waals surface area contributed by atoms with E-state index < -0.39 is 0 Å². The number of nitrogens with zero attached hydrogens (tertiary/aromatic N) is 4. The van der Waals surface area contributed by atoms with Crippen molar-refractivity contribution in [3.05, 3.63) is 42.2 Å². The van der Waals surface area contributed by atoms with E-state index in [4.69, 9.17) is 5.73 Å². The van der Waals surface area contributed by atoms with Crippen LogP contribution in [-0.4, -0.2) is 19.7 Å². The first-order chi connectivity index (χ1) is 6.77. The van der Waals surface area contributed by atoms with E-state index in [1.54, 1.807) is 23.3 Å². The van der Waals surface area contributed by atoms with Crippen molar-refractivity contribution in [3.8, 4) is 0 Å². The Bertz CT molecular complexity index is 408. The highest BCUT2D eigenvalue weighted by Gasteiger charge is 2.10. The van der Waals surface area contributed by atoms with Crippen LogP contribution in [0, 0.1) is 0 Å². The Kier molecular flexibility index (Phi) is 2.24. The van der Waals surface area contributed by atoms with E-state index in [0.717, 1.165) is 11.1 Å². The second-order valence-corrected chi connectivity index (χ2v) is 3.10. The summed E-state index contributed by atoms with van der Waals surface area (Å²) in [5.74, 6) is 0. The third-order valence-electron chi connectivity index (χ3n) is 2.02. The van der Waals surface area contributed by atoms with Gasteiger partial charge < -0.3 is 5.73 Å². The van der Waals surface area contributed by atoms with Crippen molar-refractivity contribution in [1.82, 2.24) is 19.7 Å². The quantitative estimate of drug-likeness (QED) is 0.735. The molecule has 0 aliphatic rings. The van der Waals surface area contributed by atoms with Gasteiger partial charge >= 0.3 is 0 Å². The summed E-state index contributed by atoms with van der Waals surface area (Å²) in [5, 5.41) is 4.06. The van der Waals surface area contributed by atoms with Crippen LogP contribution < -0.4 is 5.73 Å². The van der Waals surface area contributed by atoms with E-state index in [0.29, 0.717) is 0 Å². The molecular formula is C9H11N5. The van der Waals surface area contributed by atoms with E-state index >= 15 is 0 Å². The SMILES string of the molecule is Cn1cc(C(N)c2cncnc2)cn1. The molecule has 1 unspecified atom stereocenters. The lowest BCUT2D eigenvalue weighted by molar-refractivity contribution is 0.764. The molecule has 0 amide bonds. The summed E-state index contributed by atoms with van der Waals surface area (Å²) in [4.78, 5) is 7.84. The summed E-state index contributed by atoms with van der Waals surface area (Å²) in [6, 6.07) is -0.204. The van der Waals surface area contributed by atoms with Gasteiger partial charge in [-0.05, 0) is 0 Å². The van der Waals surface area contributed by atoms with Crippen molar-refractivity contribution in [2.24, 2.45) is 12.8 Å². The standard InChI is InChI=1S/C9H11N5/c1-14-5-8(4-13-14)9(10)7-2-11-6-12-3-7/h2-6,9H,10H2,1H3. The monoisotopic (exact) mass is 189 g/mol. The predicted molar refractivity (Wildman–Crippen MR) is 51.3 cm³/mol. The Labute approximate surface area is 81.6 Å². The van der Waals surface area contributed by atoms with Crippen LogP contribution in [-0.2, 0) is 7.05 Å². The predicted octanol–water partition coefficient (Wildman–Crippen LogP) is 0.258. The number of aryl methyl sites for hydroxylation is 1. The summed E-state index contributed by atoms with van der Waals surface area (Å²) < 4.78 is 1.72. The summed E-state index contributed by atoms with van der Waals surface area (Å²) in [7, 11) is 1.86. The molecule has 2 rings (SSSR count). The van der Waals surface area contributed by atoms with E-state index in [9.17, 15) is 0 Å². The first-order valence-electron chi connectivity index (χ1n) is 4.26. The lowest BCUT2D eigenvalue weighted by Gasteiger charge is -2.07. The topological polar surface area (TPSA) is 69.6 Å². The molecule has 0 spiro atoms. The Morgan fingerprint density at radius 2 is 1.93 bits per heavy atom. The Morgan fingerprint density at radius 3 is 2.50 bits per heavy atom. The fourth-order valence-electron chi connectivity index (χ4n) is 1.26. The van der Waals surface area contributed by atoms with Crippen LogP contribution in [0.4, 0.5) is 0 Å². The van der Waals surface area contributed by atoms with Gasteiger partial charge in [0.1, 0.15) is 6.33 Å². The lowest BCUT2D eigenvalue weighted by atomic mass is 10.1. The van der Waals surface area contributed by atoms with Gasteiger partial charge in [0.05, 0.1) is 12.2 Å². The second kappa shape index (κ2) is 3.55. The van der Waals surface area contributed by atoms with Gasteiger partial charge in [0.2, 0.25) is 0 Å². The van der Waals surface area contributed by atoms with E-state index in [-0.39, 0.29) is 6.04 Å². The molecule has 2 heterocycles.